The Kier molecular flexibility index (Phi) is 7.51. The minimum absolute atomic E-state index is 0.0155. The first-order valence-corrected chi connectivity index (χ1v) is 12.1. The smallest absolute Gasteiger partial charge is 0.260 e. The summed E-state index contributed by atoms with van der Waals surface area (Å²) in [6.07, 6.45) is 2.05. The summed E-state index contributed by atoms with van der Waals surface area (Å²) >= 11 is 6.73. The number of fused-ring (bicyclic) bond motifs is 1. The molecule has 4 nitrogen and oxygen atoms in total. The van der Waals surface area contributed by atoms with E-state index in [0.717, 1.165) is 44.4 Å². The second kappa shape index (κ2) is 9.87. The fourth-order valence-electron chi connectivity index (χ4n) is 3.03. The topological polar surface area (TPSA) is 36.4 Å². The van der Waals surface area contributed by atoms with Gasteiger partial charge in [-0.15, -0.1) is 11.8 Å². The normalized spacial score (nSPS) is 11.3. The zero-order chi connectivity index (χ0) is 20.1. The van der Waals surface area contributed by atoms with Crippen LogP contribution < -0.4 is 4.90 Å². The van der Waals surface area contributed by atoms with Crippen molar-refractivity contribution in [2.75, 3.05) is 37.3 Å². The minimum atomic E-state index is -0.0155. The molecule has 0 saturated heterocycles. The van der Waals surface area contributed by atoms with E-state index in [1.165, 1.54) is 0 Å². The number of para-hydroxylation sites is 1. The zero-order valence-corrected chi connectivity index (χ0v) is 19.5. The van der Waals surface area contributed by atoms with Gasteiger partial charge >= 0.3 is 0 Å². The van der Waals surface area contributed by atoms with Crippen molar-refractivity contribution in [2.24, 2.45) is 0 Å². The van der Waals surface area contributed by atoms with Gasteiger partial charge in [-0.25, -0.2) is 4.98 Å². The zero-order valence-electron chi connectivity index (χ0n) is 16.3. The van der Waals surface area contributed by atoms with E-state index < -0.39 is 0 Å². The molecular formula is C21H24BrN3OS2. The number of thiazole rings is 1. The lowest BCUT2D eigenvalue weighted by Crippen LogP contribution is -2.38. The van der Waals surface area contributed by atoms with Gasteiger partial charge in [-0.3, -0.25) is 9.69 Å². The van der Waals surface area contributed by atoms with Crippen LogP contribution in [-0.2, 0) is 0 Å². The summed E-state index contributed by atoms with van der Waals surface area (Å²) in [6, 6.07) is 13.7. The van der Waals surface area contributed by atoms with E-state index >= 15 is 0 Å². The number of benzene rings is 2. The molecule has 0 N–H and O–H groups in total. The van der Waals surface area contributed by atoms with Crippen LogP contribution in [0.4, 0.5) is 5.13 Å². The van der Waals surface area contributed by atoms with E-state index in [9.17, 15) is 4.79 Å². The number of aromatic nitrogens is 1. The fourth-order valence-corrected chi connectivity index (χ4v) is 5.08. The number of rotatable bonds is 8. The van der Waals surface area contributed by atoms with Gasteiger partial charge in [-0.2, -0.15) is 0 Å². The molecule has 148 valence electrons. The van der Waals surface area contributed by atoms with Crippen LogP contribution in [0.15, 0.2) is 51.8 Å². The van der Waals surface area contributed by atoms with Crippen LogP contribution in [0.25, 0.3) is 10.2 Å². The Bertz CT molecular complexity index is 956. The molecule has 0 unspecified atom stereocenters. The first-order valence-electron chi connectivity index (χ1n) is 9.30. The van der Waals surface area contributed by atoms with Gasteiger partial charge in [-0.1, -0.05) is 53.2 Å². The number of hydrogen-bond donors (Lipinski definition) is 0. The number of halogens is 1. The molecule has 0 saturated carbocycles. The molecule has 1 heterocycles. The average molecular weight is 478 g/mol. The van der Waals surface area contributed by atoms with Gasteiger partial charge < -0.3 is 4.90 Å². The van der Waals surface area contributed by atoms with Crippen LogP contribution in [0.1, 0.15) is 24.2 Å². The largest absolute Gasteiger partial charge is 0.302 e. The third-order valence-electron chi connectivity index (χ3n) is 4.67. The number of carbonyl (C=O) groups is 1. The number of anilines is 1. The first kappa shape index (κ1) is 21.3. The Morgan fingerprint density at radius 2 is 1.89 bits per heavy atom. The van der Waals surface area contributed by atoms with Crippen LogP contribution in [0, 0.1) is 0 Å². The summed E-state index contributed by atoms with van der Waals surface area (Å²) in [5.41, 5.74) is 1.64. The Morgan fingerprint density at radius 1 is 1.14 bits per heavy atom. The van der Waals surface area contributed by atoms with E-state index in [1.807, 2.05) is 35.2 Å². The monoisotopic (exact) mass is 477 g/mol. The van der Waals surface area contributed by atoms with Gasteiger partial charge in [0.15, 0.2) is 5.13 Å². The first-order chi connectivity index (χ1) is 13.6. The molecule has 3 rings (SSSR count). The summed E-state index contributed by atoms with van der Waals surface area (Å²) < 4.78 is 2.01. The maximum Gasteiger partial charge on any atom is 0.260 e. The summed E-state index contributed by atoms with van der Waals surface area (Å²) in [4.78, 5) is 23.5. The van der Waals surface area contributed by atoms with Crippen molar-refractivity contribution in [3.05, 3.63) is 52.5 Å². The standard InChI is InChI=1S/C21H24BrN3OS2/c1-4-24(5-2)12-13-25(20(26)15-8-6-9-16(22)14-15)21-23-19-17(27-3)10-7-11-18(19)28-21/h6-11,14H,4-5,12-13H2,1-3H3. The molecule has 0 radical (unpaired) electrons. The van der Waals surface area contributed by atoms with Crippen molar-refractivity contribution >= 4 is 60.3 Å². The third-order valence-corrected chi connectivity index (χ3v) is 6.98. The fraction of sp³-hybridized carbons (Fsp3) is 0.333. The Labute approximate surface area is 183 Å². The molecule has 1 amide bonds. The predicted octanol–water partition coefficient (Wildman–Crippen LogP) is 5.77. The summed E-state index contributed by atoms with van der Waals surface area (Å²) in [5, 5.41) is 0.758. The lowest BCUT2D eigenvalue weighted by atomic mass is 10.2. The second-order valence-corrected chi connectivity index (χ2v) is 9.07. The Balaban J connectivity index is 1.99. The van der Waals surface area contributed by atoms with Crippen LogP contribution in [0.5, 0.6) is 0 Å². The molecule has 28 heavy (non-hydrogen) atoms. The highest BCUT2D eigenvalue weighted by atomic mass is 79.9. The molecule has 0 aliphatic carbocycles. The summed E-state index contributed by atoms with van der Waals surface area (Å²) in [7, 11) is 0. The van der Waals surface area contributed by atoms with E-state index in [0.29, 0.717) is 12.1 Å². The van der Waals surface area contributed by atoms with Crippen molar-refractivity contribution in [1.82, 2.24) is 9.88 Å². The van der Waals surface area contributed by atoms with Crippen molar-refractivity contribution in [1.29, 1.82) is 0 Å². The van der Waals surface area contributed by atoms with E-state index in [2.05, 4.69) is 53.1 Å². The molecular weight excluding hydrogens is 454 g/mol. The third kappa shape index (κ3) is 4.76. The maximum atomic E-state index is 13.4. The van der Waals surface area contributed by atoms with Gasteiger partial charge in [0, 0.05) is 28.0 Å². The van der Waals surface area contributed by atoms with Crippen molar-refractivity contribution in [2.45, 2.75) is 18.7 Å². The second-order valence-electron chi connectivity index (χ2n) is 6.30. The molecule has 0 aliphatic heterocycles. The molecule has 0 spiro atoms. The predicted molar refractivity (Wildman–Crippen MR) is 125 cm³/mol. The minimum Gasteiger partial charge on any atom is -0.302 e. The molecule has 0 bridgehead atoms. The number of hydrogen-bond acceptors (Lipinski definition) is 5. The summed E-state index contributed by atoms with van der Waals surface area (Å²) in [6.45, 7) is 7.65. The van der Waals surface area contributed by atoms with E-state index in [-0.39, 0.29) is 5.91 Å². The van der Waals surface area contributed by atoms with Gasteiger partial charge in [0.2, 0.25) is 0 Å². The van der Waals surface area contributed by atoms with E-state index in [1.54, 1.807) is 23.1 Å². The maximum absolute atomic E-state index is 13.4. The van der Waals surface area contributed by atoms with Crippen molar-refractivity contribution in [3.63, 3.8) is 0 Å². The molecule has 3 aromatic rings. The molecule has 0 aliphatic rings. The highest BCUT2D eigenvalue weighted by Gasteiger charge is 2.22. The molecule has 2 aromatic carbocycles. The molecule has 7 heteroatoms. The van der Waals surface area contributed by atoms with Crippen LogP contribution in [0.2, 0.25) is 0 Å². The highest BCUT2D eigenvalue weighted by Crippen LogP contribution is 2.34. The van der Waals surface area contributed by atoms with Gasteiger partial charge in [0.25, 0.3) is 5.91 Å². The van der Waals surface area contributed by atoms with Gasteiger partial charge in [-0.05, 0) is 49.7 Å². The average Bonchev–Trinajstić information content (AvgIpc) is 3.14. The van der Waals surface area contributed by atoms with Crippen molar-refractivity contribution in [3.8, 4) is 0 Å². The number of amides is 1. The van der Waals surface area contributed by atoms with Crippen molar-refractivity contribution < 1.29 is 4.79 Å². The quantitative estimate of drug-likeness (QED) is 0.385. The number of nitrogens with zero attached hydrogens (tertiary/aromatic N) is 3. The number of thioether (sulfide) groups is 1. The molecule has 0 fully saturated rings. The Morgan fingerprint density at radius 3 is 2.57 bits per heavy atom. The lowest BCUT2D eigenvalue weighted by molar-refractivity contribution is 0.0983. The highest BCUT2D eigenvalue weighted by molar-refractivity contribution is 9.10. The van der Waals surface area contributed by atoms with Crippen LogP contribution in [0.3, 0.4) is 0 Å². The SMILES string of the molecule is CCN(CC)CCN(C(=O)c1cccc(Br)c1)c1nc2c(SC)cccc2s1. The number of likely N-dealkylation sites (N-methyl/N-ethyl adjacent to an activating group) is 1. The number of carbonyl (C=O) groups excluding carboxylic acids is 1. The summed E-state index contributed by atoms with van der Waals surface area (Å²) in [5.74, 6) is -0.0155. The van der Waals surface area contributed by atoms with Gasteiger partial charge in [0.1, 0.15) is 0 Å². The lowest BCUT2D eigenvalue weighted by Gasteiger charge is -2.24. The van der Waals surface area contributed by atoms with Crippen LogP contribution in [-0.4, -0.2) is 48.2 Å². The Hall–Kier alpha value is -1.41. The molecule has 0 atom stereocenters. The molecule has 1 aromatic heterocycles. The van der Waals surface area contributed by atoms with Crippen LogP contribution >= 0.6 is 39.0 Å². The van der Waals surface area contributed by atoms with E-state index in [4.69, 9.17) is 4.98 Å². The van der Waals surface area contributed by atoms with Gasteiger partial charge in [0.05, 0.1) is 10.2 Å².